The standard InChI is InChI=1S/C10H7Cl2FO3.Na/c1-16-10(15)4-9(14)5-2-8(13)7(12)3-6(5)11;/h2-3H,4H2,1H3;. The Labute approximate surface area is 130 Å². The third kappa shape index (κ3) is 4.56. The van der Waals surface area contributed by atoms with Crippen LogP contribution in [-0.2, 0) is 9.53 Å². The van der Waals surface area contributed by atoms with Crippen LogP contribution in [0.4, 0.5) is 4.39 Å². The Balaban J connectivity index is 0.00000256. The Morgan fingerprint density at radius 3 is 2.41 bits per heavy atom. The van der Waals surface area contributed by atoms with Gasteiger partial charge >= 0.3 is 5.97 Å². The summed E-state index contributed by atoms with van der Waals surface area (Å²) in [5, 5.41) is -0.181. The van der Waals surface area contributed by atoms with Crippen molar-refractivity contribution < 1.29 is 18.7 Å². The van der Waals surface area contributed by atoms with E-state index >= 15 is 0 Å². The molecule has 0 heterocycles. The van der Waals surface area contributed by atoms with Gasteiger partial charge in [-0.15, -0.1) is 0 Å². The molecule has 1 radical (unpaired) electrons. The van der Waals surface area contributed by atoms with Crippen LogP contribution >= 0.6 is 23.2 Å². The first-order chi connectivity index (χ1) is 7.45. The summed E-state index contributed by atoms with van der Waals surface area (Å²) in [4.78, 5) is 22.4. The van der Waals surface area contributed by atoms with E-state index < -0.39 is 24.0 Å². The monoisotopic (exact) mass is 287 g/mol. The maximum atomic E-state index is 13.1. The molecule has 1 aromatic carbocycles. The fraction of sp³-hybridized carbons (Fsp3) is 0.200. The number of esters is 1. The molecule has 0 aromatic heterocycles. The van der Waals surface area contributed by atoms with Gasteiger partial charge < -0.3 is 4.74 Å². The Kier molecular flexibility index (Phi) is 7.28. The van der Waals surface area contributed by atoms with E-state index in [9.17, 15) is 14.0 Å². The summed E-state index contributed by atoms with van der Waals surface area (Å²) in [6.07, 6.45) is -0.489. The molecular weight excluding hydrogens is 281 g/mol. The quantitative estimate of drug-likeness (QED) is 0.282. The molecule has 0 aliphatic carbocycles. The van der Waals surface area contributed by atoms with Crippen molar-refractivity contribution in [3.63, 3.8) is 0 Å². The van der Waals surface area contributed by atoms with E-state index in [1.165, 1.54) is 0 Å². The van der Waals surface area contributed by atoms with Crippen LogP contribution in [0.3, 0.4) is 0 Å². The average Bonchev–Trinajstić information content (AvgIpc) is 2.23. The SMILES string of the molecule is COC(=O)CC(=O)c1cc(F)c(Cl)cc1Cl.[Na]. The first-order valence-electron chi connectivity index (χ1n) is 4.20. The van der Waals surface area contributed by atoms with Gasteiger partial charge in [0.05, 0.1) is 17.2 Å². The molecule has 0 saturated carbocycles. The number of hydrogen-bond acceptors (Lipinski definition) is 3. The van der Waals surface area contributed by atoms with Crippen LogP contribution in [-0.4, -0.2) is 48.4 Å². The zero-order valence-electron chi connectivity index (χ0n) is 9.22. The van der Waals surface area contributed by atoms with E-state index in [0.29, 0.717) is 0 Å². The van der Waals surface area contributed by atoms with E-state index in [2.05, 4.69) is 4.74 Å². The summed E-state index contributed by atoms with van der Waals surface area (Å²) < 4.78 is 17.4. The van der Waals surface area contributed by atoms with Crippen LogP contribution in [0.25, 0.3) is 0 Å². The van der Waals surface area contributed by atoms with Crippen LogP contribution in [0.15, 0.2) is 12.1 Å². The van der Waals surface area contributed by atoms with E-state index in [-0.39, 0.29) is 45.2 Å². The predicted octanol–water partition coefficient (Wildman–Crippen LogP) is 2.50. The van der Waals surface area contributed by atoms with Crippen molar-refractivity contribution in [2.45, 2.75) is 6.42 Å². The van der Waals surface area contributed by atoms with E-state index in [4.69, 9.17) is 23.2 Å². The predicted molar refractivity (Wildman–Crippen MR) is 63.1 cm³/mol. The van der Waals surface area contributed by atoms with Gasteiger partial charge in [-0.3, -0.25) is 9.59 Å². The molecule has 1 rings (SSSR count). The normalized spacial score (nSPS) is 9.41. The molecule has 0 aliphatic heterocycles. The number of Topliss-reactive ketones (excluding diaryl/α,β-unsaturated/α-hetero) is 1. The van der Waals surface area contributed by atoms with Crippen LogP contribution in [0, 0.1) is 5.82 Å². The second-order valence-electron chi connectivity index (χ2n) is 2.92. The number of hydrogen-bond donors (Lipinski definition) is 0. The maximum absolute atomic E-state index is 13.1. The molecule has 0 N–H and O–H groups in total. The molecule has 0 unspecified atom stereocenters. The molecule has 0 amide bonds. The van der Waals surface area contributed by atoms with E-state index in [1.807, 2.05) is 0 Å². The van der Waals surface area contributed by atoms with Crippen molar-refractivity contribution >= 4 is 64.5 Å². The Hall–Kier alpha value is -0.130. The summed E-state index contributed by atoms with van der Waals surface area (Å²) in [5.74, 6) is -2.09. The van der Waals surface area contributed by atoms with Crippen molar-refractivity contribution in [1.29, 1.82) is 0 Å². The average molecular weight is 288 g/mol. The first kappa shape index (κ1) is 16.9. The summed E-state index contributed by atoms with van der Waals surface area (Å²) in [5.41, 5.74) is -0.0889. The molecule has 87 valence electrons. The van der Waals surface area contributed by atoms with Gasteiger partial charge in [0.1, 0.15) is 12.2 Å². The summed E-state index contributed by atoms with van der Waals surface area (Å²) >= 11 is 11.2. The third-order valence-corrected chi connectivity index (χ3v) is 2.45. The largest absolute Gasteiger partial charge is 0.469 e. The Bertz CT molecular complexity index is 451. The Morgan fingerprint density at radius 2 is 1.88 bits per heavy atom. The minimum Gasteiger partial charge on any atom is -0.469 e. The zero-order valence-corrected chi connectivity index (χ0v) is 12.7. The van der Waals surface area contributed by atoms with Crippen LogP contribution < -0.4 is 0 Å². The molecule has 3 nitrogen and oxygen atoms in total. The summed E-state index contributed by atoms with van der Waals surface area (Å²) in [6, 6.07) is 2.01. The molecule has 0 spiro atoms. The minimum absolute atomic E-state index is 0. The molecular formula is C10H7Cl2FNaO3. The third-order valence-electron chi connectivity index (χ3n) is 1.84. The summed E-state index contributed by atoms with van der Waals surface area (Å²) in [7, 11) is 1.15. The van der Waals surface area contributed by atoms with Gasteiger partial charge in [0.2, 0.25) is 0 Å². The van der Waals surface area contributed by atoms with Gasteiger partial charge in [0.15, 0.2) is 5.78 Å². The van der Waals surface area contributed by atoms with Gasteiger partial charge in [0, 0.05) is 35.1 Å². The molecule has 17 heavy (non-hydrogen) atoms. The molecule has 0 saturated heterocycles. The molecule has 1 aromatic rings. The first-order valence-corrected chi connectivity index (χ1v) is 4.96. The van der Waals surface area contributed by atoms with Crippen molar-refractivity contribution in [1.82, 2.24) is 0 Å². The Morgan fingerprint density at radius 1 is 1.29 bits per heavy atom. The van der Waals surface area contributed by atoms with Crippen molar-refractivity contribution in [2.75, 3.05) is 7.11 Å². The van der Waals surface area contributed by atoms with Gasteiger partial charge in [-0.05, 0) is 12.1 Å². The van der Waals surface area contributed by atoms with E-state index in [1.54, 1.807) is 0 Å². The van der Waals surface area contributed by atoms with Crippen molar-refractivity contribution in [3.8, 4) is 0 Å². The number of ether oxygens (including phenoxy) is 1. The second-order valence-corrected chi connectivity index (χ2v) is 3.74. The number of ketones is 1. The fourth-order valence-corrected chi connectivity index (χ4v) is 1.52. The molecule has 7 heteroatoms. The topological polar surface area (TPSA) is 43.4 Å². The van der Waals surface area contributed by atoms with Gasteiger partial charge in [-0.2, -0.15) is 0 Å². The number of benzene rings is 1. The number of rotatable bonds is 3. The number of carbonyl (C=O) groups excluding carboxylic acids is 2. The molecule has 0 aliphatic rings. The number of halogens is 3. The van der Waals surface area contributed by atoms with Crippen molar-refractivity contribution in [3.05, 3.63) is 33.6 Å². The summed E-state index contributed by atoms with van der Waals surface area (Å²) in [6.45, 7) is 0. The second kappa shape index (κ2) is 7.34. The van der Waals surface area contributed by atoms with Crippen molar-refractivity contribution in [2.24, 2.45) is 0 Å². The van der Waals surface area contributed by atoms with Gasteiger partial charge in [-0.1, -0.05) is 23.2 Å². The minimum atomic E-state index is -0.765. The molecule has 0 atom stereocenters. The number of carbonyl (C=O) groups is 2. The smallest absolute Gasteiger partial charge is 0.313 e. The van der Waals surface area contributed by atoms with Gasteiger partial charge in [0.25, 0.3) is 0 Å². The van der Waals surface area contributed by atoms with E-state index in [0.717, 1.165) is 19.2 Å². The fourth-order valence-electron chi connectivity index (χ4n) is 1.03. The zero-order chi connectivity index (χ0) is 12.3. The molecule has 0 fully saturated rings. The van der Waals surface area contributed by atoms with Crippen LogP contribution in [0.2, 0.25) is 10.0 Å². The molecule has 0 bridgehead atoms. The maximum Gasteiger partial charge on any atom is 0.313 e. The van der Waals surface area contributed by atoms with Crippen LogP contribution in [0.5, 0.6) is 0 Å². The van der Waals surface area contributed by atoms with Gasteiger partial charge in [-0.25, -0.2) is 4.39 Å². The number of methoxy groups -OCH3 is 1. The van der Waals surface area contributed by atoms with Crippen LogP contribution in [0.1, 0.15) is 16.8 Å².